The zero-order valence-electron chi connectivity index (χ0n) is 10.8. The van der Waals surface area contributed by atoms with Gasteiger partial charge in [-0.2, -0.15) is 0 Å². The minimum absolute atomic E-state index is 0.0484. The van der Waals surface area contributed by atoms with E-state index in [1.54, 1.807) is 6.92 Å². The van der Waals surface area contributed by atoms with E-state index < -0.39 is 0 Å². The van der Waals surface area contributed by atoms with Crippen molar-refractivity contribution >= 4 is 5.91 Å². The van der Waals surface area contributed by atoms with Crippen molar-refractivity contribution in [1.29, 1.82) is 0 Å². The van der Waals surface area contributed by atoms with Gasteiger partial charge in [0, 0.05) is 26.6 Å². The van der Waals surface area contributed by atoms with Gasteiger partial charge in [-0.1, -0.05) is 6.92 Å². The fourth-order valence-electron chi connectivity index (χ4n) is 2.05. The summed E-state index contributed by atoms with van der Waals surface area (Å²) in [5.41, 5.74) is 0.433. The largest absolute Gasteiger partial charge is 0.355 e. The van der Waals surface area contributed by atoms with E-state index in [2.05, 4.69) is 29.5 Å². The Balaban J connectivity index is 2.09. The molecule has 0 atom stereocenters. The molecule has 1 heterocycles. The number of rotatable bonds is 5. The molecule has 0 aromatic heterocycles. The van der Waals surface area contributed by atoms with Crippen molar-refractivity contribution in [2.45, 2.75) is 26.7 Å². The molecule has 0 spiro atoms. The molecular formula is C12H25N3O. The first-order chi connectivity index (χ1) is 7.52. The van der Waals surface area contributed by atoms with E-state index in [0.717, 1.165) is 19.6 Å². The summed E-state index contributed by atoms with van der Waals surface area (Å²) in [4.78, 5) is 13.1. The van der Waals surface area contributed by atoms with Crippen LogP contribution in [0, 0.1) is 5.41 Å². The molecule has 1 aliphatic heterocycles. The summed E-state index contributed by atoms with van der Waals surface area (Å²) in [7, 11) is 2.18. The number of hydrogen-bond acceptors (Lipinski definition) is 3. The molecule has 0 saturated carbocycles. The third-order valence-corrected chi connectivity index (χ3v) is 3.42. The molecular weight excluding hydrogens is 202 g/mol. The molecule has 0 aromatic carbocycles. The van der Waals surface area contributed by atoms with Crippen LogP contribution >= 0.6 is 0 Å². The van der Waals surface area contributed by atoms with Gasteiger partial charge in [0.1, 0.15) is 0 Å². The Kier molecular flexibility index (Phi) is 5.22. The van der Waals surface area contributed by atoms with Crippen molar-refractivity contribution < 1.29 is 4.79 Å². The van der Waals surface area contributed by atoms with Crippen LogP contribution in [-0.2, 0) is 4.79 Å². The molecule has 1 aliphatic rings. The third kappa shape index (κ3) is 4.94. The van der Waals surface area contributed by atoms with E-state index in [-0.39, 0.29) is 5.91 Å². The Hall–Kier alpha value is -0.610. The molecule has 2 N–H and O–H groups in total. The normalized spacial score (nSPS) is 20.7. The van der Waals surface area contributed by atoms with Crippen LogP contribution in [0.3, 0.4) is 0 Å². The van der Waals surface area contributed by atoms with E-state index in [1.807, 2.05) is 0 Å². The Bertz CT molecular complexity index is 222. The van der Waals surface area contributed by atoms with Gasteiger partial charge in [0.25, 0.3) is 0 Å². The summed E-state index contributed by atoms with van der Waals surface area (Å²) in [5.74, 6) is 0.0484. The lowest BCUT2D eigenvalue weighted by atomic mass is 9.80. The van der Waals surface area contributed by atoms with Crippen molar-refractivity contribution in [2.24, 2.45) is 5.41 Å². The van der Waals surface area contributed by atoms with Crippen molar-refractivity contribution in [3.8, 4) is 0 Å². The number of likely N-dealkylation sites (tertiary alicyclic amines) is 1. The predicted molar refractivity (Wildman–Crippen MR) is 66.4 cm³/mol. The minimum Gasteiger partial charge on any atom is -0.355 e. The second kappa shape index (κ2) is 6.21. The maximum Gasteiger partial charge on any atom is 0.216 e. The SMILES string of the molecule is CC(=O)NCCNCC1(C)CCN(C)CC1. The summed E-state index contributed by atoms with van der Waals surface area (Å²) in [6, 6.07) is 0. The van der Waals surface area contributed by atoms with Gasteiger partial charge in [0.15, 0.2) is 0 Å². The highest BCUT2D eigenvalue weighted by atomic mass is 16.1. The minimum atomic E-state index is 0.0484. The first kappa shape index (κ1) is 13.5. The van der Waals surface area contributed by atoms with Crippen molar-refractivity contribution in [1.82, 2.24) is 15.5 Å². The van der Waals surface area contributed by atoms with E-state index in [9.17, 15) is 4.79 Å². The van der Waals surface area contributed by atoms with E-state index in [0.29, 0.717) is 5.41 Å². The molecule has 0 radical (unpaired) electrons. The molecule has 94 valence electrons. The van der Waals surface area contributed by atoms with E-state index >= 15 is 0 Å². The molecule has 16 heavy (non-hydrogen) atoms. The summed E-state index contributed by atoms with van der Waals surface area (Å²) in [6.45, 7) is 8.95. The molecule has 0 aliphatic carbocycles. The van der Waals surface area contributed by atoms with Crippen LogP contribution in [0.15, 0.2) is 0 Å². The number of nitrogens with one attached hydrogen (secondary N) is 2. The van der Waals surface area contributed by atoms with Gasteiger partial charge in [-0.25, -0.2) is 0 Å². The Morgan fingerprint density at radius 2 is 1.94 bits per heavy atom. The van der Waals surface area contributed by atoms with Crippen LogP contribution in [0.1, 0.15) is 26.7 Å². The summed E-state index contributed by atoms with van der Waals surface area (Å²) in [5, 5.41) is 6.23. The molecule has 1 amide bonds. The fraction of sp³-hybridized carbons (Fsp3) is 0.917. The monoisotopic (exact) mass is 227 g/mol. The molecule has 4 nitrogen and oxygen atoms in total. The van der Waals surface area contributed by atoms with Gasteiger partial charge < -0.3 is 15.5 Å². The first-order valence-corrected chi connectivity index (χ1v) is 6.16. The molecule has 1 saturated heterocycles. The van der Waals surface area contributed by atoms with E-state index in [4.69, 9.17) is 0 Å². The average Bonchev–Trinajstić information content (AvgIpc) is 2.22. The van der Waals surface area contributed by atoms with Crippen molar-refractivity contribution in [3.05, 3.63) is 0 Å². The lowest BCUT2D eigenvalue weighted by Crippen LogP contribution is -2.43. The standard InChI is InChI=1S/C12H25N3O/c1-11(16)14-7-6-13-10-12(2)4-8-15(3)9-5-12/h13H,4-10H2,1-3H3,(H,14,16). The highest BCUT2D eigenvalue weighted by Gasteiger charge is 2.27. The predicted octanol–water partition coefficient (Wildman–Crippen LogP) is 0.444. The van der Waals surface area contributed by atoms with Crippen LogP contribution in [0.5, 0.6) is 0 Å². The topological polar surface area (TPSA) is 44.4 Å². The number of hydrogen-bond donors (Lipinski definition) is 2. The highest BCUT2D eigenvalue weighted by Crippen LogP contribution is 2.29. The van der Waals surface area contributed by atoms with Gasteiger partial charge in [-0.05, 0) is 38.4 Å². The van der Waals surface area contributed by atoms with Crippen LogP contribution in [0.2, 0.25) is 0 Å². The average molecular weight is 227 g/mol. The second-order valence-corrected chi connectivity index (χ2v) is 5.27. The van der Waals surface area contributed by atoms with Crippen LogP contribution in [0.25, 0.3) is 0 Å². The van der Waals surface area contributed by atoms with Gasteiger partial charge in [0.2, 0.25) is 5.91 Å². The van der Waals surface area contributed by atoms with E-state index in [1.165, 1.54) is 25.9 Å². The number of carbonyl (C=O) groups excluding carboxylic acids is 1. The molecule has 0 aromatic rings. The Morgan fingerprint density at radius 3 is 2.50 bits per heavy atom. The zero-order valence-corrected chi connectivity index (χ0v) is 10.8. The van der Waals surface area contributed by atoms with Gasteiger partial charge in [-0.3, -0.25) is 4.79 Å². The van der Waals surface area contributed by atoms with Gasteiger partial charge in [0.05, 0.1) is 0 Å². The number of carbonyl (C=O) groups is 1. The first-order valence-electron chi connectivity index (χ1n) is 6.16. The van der Waals surface area contributed by atoms with Gasteiger partial charge in [-0.15, -0.1) is 0 Å². The van der Waals surface area contributed by atoms with Crippen LogP contribution < -0.4 is 10.6 Å². The van der Waals surface area contributed by atoms with Crippen molar-refractivity contribution in [2.75, 3.05) is 39.8 Å². The van der Waals surface area contributed by atoms with Crippen LogP contribution in [0.4, 0.5) is 0 Å². The number of amides is 1. The smallest absolute Gasteiger partial charge is 0.216 e. The quantitative estimate of drug-likeness (QED) is 0.670. The summed E-state index contributed by atoms with van der Waals surface area (Å²) >= 11 is 0. The summed E-state index contributed by atoms with van der Waals surface area (Å²) < 4.78 is 0. The zero-order chi connectivity index (χ0) is 12.0. The molecule has 0 bridgehead atoms. The fourth-order valence-corrected chi connectivity index (χ4v) is 2.05. The number of piperidine rings is 1. The second-order valence-electron chi connectivity index (χ2n) is 5.27. The lowest BCUT2D eigenvalue weighted by Gasteiger charge is -2.38. The Morgan fingerprint density at radius 1 is 1.31 bits per heavy atom. The maximum absolute atomic E-state index is 10.7. The van der Waals surface area contributed by atoms with Crippen LogP contribution in [-0.4, -0.2) is 50.6 Å². The molecule has 1 rings (SSSR count). The third-order valence-electron chi connectivity index (χ3n) is 3.42. The van der Waals surface area contributed by atoms with Crippen molar-refractivity contribution in [3.63, 3.8) is 0 Å². The Labute approximate surface area is 98.8 Å². The highest BCUT2D eigenvalue weighted by molar-refractivity contribution is 5.72. The summed E-state index contributed by atoms with van der Waals surface area (Å²) in [6.07, 6.45) is 2.52. The molecule has 1 fully saturated rings. The number of nitrogens with zero attached hydrogens (tertiary/aromatic N) is 1. The van der Waals surface area contributed by atoms with Gasteiger partial charge >= 0.3 is 0 Å². The lowest BCUT2D eigenvalue weighted by molar-refractivity contribution is -0.118. The molecule has 4 heteroatoms. The molecule has 0 unspecified atom stereocenters. The maximum atomic E-state index is 10.7.